The number of halogens is 3. The minimum Gasteiger partial charge on any atom is -0.487 e. The second kappa shape index (κ2) is 10.8. The lowest BCUT2D eigenvalue weighted by atomic mass is 10.2. The van der Waals surface area contributed by atoms with E-state index < -0.39 is 5.91 Å². The van der Waals surface area contributed by atoms with E-state index in [-0.39, 0.29) is 16.9 Å². The van der Waals surface area contributed by atoms with E-state index in [1.54, 1.807) is 42.5 Å². The third kappa shape index (κ3) is 6.21. The Morgan fingerprint density at radius 3 is 2.39 bits per heavy atom. The van der Waals surface area contributed by atoms with Crippen LogP contribution in [0.25, 0.3) is 6.08 Å². The first-order valence-electron chi connectivity index (χ1n) is 9.64. The van der Waals surface area contributed by atoms with Gasteiger partial charge in [-0.05, 0) is 111 Å². The first-order chi connectivity index (χ1) is 15.9. The Hall–Kier alpha value is -2.25. The van der Waals surface area contributed by atoms with Crippen molar-refractivity contribution in [3.63, 3.8) is 0 Å². The van der Waals surface area contributed by atoms with Gasteiger partial charge in [0.15, 0.2) is 5.17 Å². The molecule has 1 fully saturated rings. The average Bonchev–Trinajstić information content (AvgIpc) is 3.13. The number of benzene rings is 3. The van der Waals surface area contributed by atoms with Crippen LogP contribution in [0.2, 0.25) is 0 Å². The molecule has 4 rings (SSSR count). The van der Waals surface area contributed by atoms with Crippen LogP contribution in [0.5, 0.6) is 5.75 Å². The van der Waals surface area contributed by atoms with E-state index in [9.17, 15) is 14.0 Å². The zero-order valence-corrected chi connectivity index (χ0v) is 22.0. The van der Waals surface area contributed by atoms with Crippen LogP contribution in [-0.4, -0.2) is 17.0 Å². The molecule has 3 aromatic carbocycles. The van der Waals surface area contributed by atoms with Crippen molar-refractivity contribution in [2.75, 3.05) is 0 Å². The van der Waals surface area contributed by atoms with Gasteiger partial charge < -0.3 is 10.1 Å². The van der Waals surface area contributed by atoms with Gasteiger partial charge in [-0.1, -0.05) is 30.3 Å². The summed E-state index contributed by atoms with van der Waals surface area (Å²) >= 11 is 5.49. The molecule has 0 spiro atoms. The van der Waals surface area contributed by atoms with Crippen molar-refractivity contribution in [3.8, 4) is 5.75 Å². The summed E-state index contributed by atoms with van der Waals surface area (Å²) in [7, 11) is 0. The molecule has 0 unspecified atom stereocenters. The van der Waals surface area contributed by atoms with Crippen LogP contribution in [0.4, 0.5) is 4.39 Å². The van der Waals surface area contributed by atoms with Crippen LogP contribution in [0.3, 0.4) is 0 Å². The van der Waals surface area contributed by atoms with Gasteiger partial charge in [-0.3, -0.25) is 9.59 Å². The summed E-state index contributed by atoms with van der Waals surface area (Å²) in [4.78, 5) is 29.1. The van der Waals surface area contributed by atoms with Gasteiger partial charge >= 0.3 is 0 Å². The minimum absolute atomic E-state index is 0.253. The van der Waals surface area contributed by atoms with E-state index in [0.29, 0.717) is 17.1 Å². The van der Waals surface area contributed by atoms with Crippen LogP contribution in [-0.2, 0) is 11.4 Å². The Morgan fingerprint density at radius 2 is 1.73 bits per heavy atom. The summed E-state index contributed by atoms with van der Waals surface area (Å²) in [6, 6.07) is 18.7. The maximum Gasteiger partial charge on any atom is 0.279 e. The summed E-state index contributed by atoms with van der Waals surface area (Å²) in [5.41, 5.74) is 2.15. The standard InChI is InChI=1S/C24H15FI2N2O3S/c25-17-8-6-14(7-9-17)13-32-21-18(26)10-15(11-19(21)27)12-20-23(31)29-24(33-20)28-22(30)16-4-2-1-3-5-16/h1-12H,13H2,(H,28,29,30,31)/b20-12-. The summed E-state index contributed by atoms with van der Waals surface area (Å²) in [5, 5.41) is 2.89. The Morgan fingerprint density at radius 1 is 1.06 bits per heavy atom. The number of amides is 2. The quantitative estimate of drug-likeness (QED) is 0.264. The number of nitrogens with zero attached hydrogens (tertiary/aromatic N) is 1. The highest BCUT2D eigenvalue weighted by Gasteiger charge is 2.25. The zero-order valence-electron chi connectivity index (χ0n) is 16.8. The van der Waals surface area contributed by atoms with Gasteiger partial charge in [0.2, 0.25) is 0 Å². The number of hydrogen-bond acceptors (Lipinski definition) is 4. The number of thioether (sulfide) groups is 1. The van der Waals surface area contributed by atoms with E-state index >= 15 is 0 Å². The molecule has 1 aliphatic rings. The van der Waals surface area contributed by atoms with Crippen molar-refractivity contribution < 1.29 is 18.7 Å². The molecule has 1 heterocycles. The molecule has 0 aromatic heterocycles. The Balaban J connectivity index is 1.48. The second-order valence-corrected chi connectivity index (χ2v) is 10.2. The van der Waals surface area contributed by atoms with Gasteiger partial charge in [0.05, 0.1) is 12.0 Å². The number of carbonyl (C=O) groups excluding carboxylic acids is 2. The number of ether oxygens (including phenoxy) is 1. The van der Waals surface area contributed by atoms with Crippen LogP contribution in [0, 0.1) is 13.0 Å². The van der Waals surface area contributed by atoms with E-state index in [1.807, 2.05) is 18.2 Å². The van der Waals surface area contributed by atoms with Gasteiger partial charge in [0, 0.05) is 5.56 Å². The largest absolute Gasteiger partial charge is 0.487 e. The minimum atomic E-state index is -0.411. The van der Waals surface area contributed by atoms with E-state index in [2.05, 4.69) is 55.5 Å². The molecule has 5 nitrogen and oxygen atoms in total. The number of rotatable bonds is 5. The smallest absolute Gasteiger partial charge is 0.279 e. The molecule has 1 saturated heterocycles. The average molecular weight is 684 g/mol. The Kier molecular flexibility index (Phi) is 7.81. The van der Waals surface area contributed by atoms with Gasteiger partial charge in [-0.25, -0.2) is 4.39 Å². The molecule has 3 aromatic rings. The monoisotopic (exact) mass is 684 g/mol. The van der Waals surface area contributed by atoms with Crippen molar-refractivity contribution in [2.24, 2.45) is 4.99 Å². The molecule has 166 valence electrons. The molecule has 0 atom stereocenters. The fourth-order valence-corrected chi connectivity index (χ4v) is 5.85. The number of carbonyl (C=O) groups is 2. The molecule has 1 N–H and O–H groups in total. The fourth-order valence-electron chi connectivity index (χ4n) is 2.91. The predicted octanol–water partition coefficient (Wildman–Crippen LogP) is 6.01. The topological polar surface area (TPSA) is 67.8 Å². The predicted molar refractivity (Wildman–Crippen MR) is 145 cm³/mol. The maximum absolute atomic E-state index is 13.1. The lowest BCUT2D eigenvalue weighted by Crippen LogP contribution is -2.20. The Labute approximate surface area is 221 Å². The SMILES string of the molecule is O=C1NC(=NC(=O)c2ccccc2)S/C1=C\c1cc(I)c(OCc2ccc(F)cc2)c(I)c1. The molecule has 0 bridgehead atoms. The highest BCUT2D eigenvalue weighted by molar-refractivity contribution is 14.1. The van der Waals surface area contributed by atoms with Crippen molar-refractivity contribution in [2.45, 2.75) is 6.61 Å². The molecule has 0 saturated carbocycles. The molecule has 9 heteroatoms. The number of aliphatic imine (C=N–C) groups is 1. The summed E-state index contributed by atoms with van der Waals surface area (Å²) < 4.78 is 20.8. The third-order valence-electron chi connectivity index (χ3n) is 4.49. The molecule has 0 aliphatic carbocycles. The highest BCUT2D eigenvalue weighted by Crippen LogP contribution is 2.32. The normalized spacial score (nSPS) is 15.7. The lowest BCUT2D eigenvalue weighted by molar-refractivity contribution is -0.115. The van der Waals surface area contributed by atoms with Crippen LogP contribution < -0.4 is 10.1 Å². The fraction of sp³-hybridized carbons (Fsp3) is 0.0417. The van der Waals surface area contributed by atoms with Crippen LogP contribution >= 0.6 is 56.9 Å². The molecule has 2 amide bonds. The summed E-state index contributed by atoms with van der Waals surface area (Å²) in [5.74, 6) is -0.277. The van der Waals surface area contributed by atoms with Crippen molar-refractivity contribution in [1.29, 1.82) is 0 Å². The lowest BCUT2D eigenvalue weighted by Gasteiger charge is -2.12. The molecule has 1 aliphatic heterocycles. The van der Waals surface area contributed by atoms with Gasteiger partial charge in [-0.2, -0.15) is 4.99 Å². The second-order valence-electron chi connectivity index (χ2n) is 6.88. The molecule has 0 radical (unpaired) electrons. The van der Waals surface area contributed by atoms with Crippen molar-refractivity contribution in [1.82, 2.24) is 5.32 Å². The molecular formula is C24H15FI2N2O3S. The zero-order chi connectivity index (χ0) is 23.4. The third-order valence-corrected chi connectivity index (χ3v) is 7.00. The number of hydrogen-bond donors (Lipinski definition) is 1. The molecule has 33 heavy (non-hydrogen) atoms. The molecular weight excluding hydrogens is 669 g/mol. The van der Waals surface area contributed by atoms with Crippen LogP contribution in [0.15, 0.2) is 76.6 Å². The van der Waals surface area contributed by atoms with Crippen LogP contribution in [0.1, 0.15) is 21.5 Å². The van der Waals surface area contributed by atoms with Gasteiger partial charge in [0.1, 0.15) is 18.2 Å². The maximum atomic E-state index is 13.1. The van der Waals surface area contributed by atoms with Crippen molar-refractivity contribution in [3.05, 3.63) is 101 Å². The van der Waals surface area contributed by atoms with E-state index in [0.717, 1.165) is 35.8 Å². The number of amidine groups is 1. The summed E-state index contributed by atoms with van der Waals surface area (Å²) in [6.45, 7) is 0.320. The number of nitrogens with one attached hydrogen (secondary N) is 1. The summed E-state index contributed by atoms with van der Waals surface area (Å²) in [6.07, 6.45) is 1.75. The van der Waals surface area contributed by atoms with E-state index in [4.69, 9.17) is 4.74 Å². The van der Waals surface area contributed by atoms with Gasteiger partial charge in [-0.15, -0.1) is 0 Å². The van der Waals surface area contributed by atoms with E-state index in [1.165, 1.54) is 12.1 Å². The first kappa shape index (κ1) is 23.9. The first-order valence-corrected chi connectivity index (χ1v) is 12.6. The highest BCUT2D eigenvalue weighted by atomic mass is 127. The van der Waals surface area contributed by atoms with Crippen molar-refractivity contribution >= 4 is 80.0 Å². The Bertz CT molecular complexity index is 1260. The van der Waals surface area contributed by atoms with Gasteiger partial charge in [0.25, 0.3) is 11.8 Å².